The molecule has 0 amide bonds. The molecule has 74 valence electrons. The molecule has 0 aliphatic carbocycles. The smallest absolute Gasteiger partial charge is 0.150 e. The number of carbonyl (C=O) groups is 1. The highest BCUT2D eigenvalue weighted by molar-refractivity contribution is 5.75. The molecule has 0 aromatic heterocycles. The lowest BCUT2D eigenvalue weighted by molar-refractivity contribution is 0.112. The Kier molecular flexibility index (Phi) is 3.46. The van der Waals surface area contributed by atoms with Crippen LogP contribution in [0.1, 0.15) is 29.8 Å². The van der Waals surface area contributed by atoms with Gasteiger partial charge in [0.15, 0.2) is 0 Å². The normalized spacial score (nSPS) is 9.57. The third-order valence-corrected chi connectivity index (χ3v) is 1.97. The van der Waals surface area contributed by atoms with E-state index in [4.69, 9.17) is 0 Å². The first kappa shape index (κ1) is 10.5. The number of carbonyl (C=O) groups excluding carboxylic acids is 1. The average molecular weight is 190 g/mol. The molecular formula is C12H14O2. The zero-order valence-corrected chi connectivity index (χ0v) is 8.45. The van der Waals surface area contributed by atoms with Crippen LogP contribution < -0.4 is 0 Å². The zero-order chi connectivity index (χ0) is 10.6. The van der Waals surface area contributed by atoms with Crippen LogP contribution in [0, 0.1) is 0 Å². The highest BCUT2D eigenvalue weighted by atomic mass is 16.3. The van der Waals surface area contributed by atoms with Crippen molar-refractivity contribution in [2.75, 3.05) is 0 Å². The van der Waals surface area contributed by atoms with E-state index in [1.807, 2.05) is 19.9 Å². The SMILES string of the molecule is CC(C)=CCc1cc(C=O)ccc1O. The summed E-state index contributed by atoms with van der Waals surface area (Å²) in [4.78, 5) is 10.5. The molecule has 0 unspecified atom stereocenters. The molecule has 2 nitrogen and oxygen atoms in total. The molecule has 0 aliphatic rings. The Morgan fingerprint density at radius 3 is 2.71 bits per heavy atom. The second kappa shape index (κ2) is 4.61. The maximum atomic E-state index is 10.5. The van der Waals surface area contributed by atoms with Gasteiger partial charge in [-0.15, -0.1) is 0 Å². The third-order valence-electron chi connectivity index (χ3n) is 1.97. The molecule has 0 saturated heterocycles. The Hall–Kier alpha value is -1.57. The van der Waals surface area contributed by atoms with Gasteiger partial charge in [-0.2, -0.15) is 0 Å². The summed E-state index contributed by atoms with van der Waals surface area (Å²) >= 11 is 0. The van der Waals surface area contributed by atoms with Crippen molar-refractivity contribution in [3.8, 4) is 5.75 Å². The fourth-order valence-corrected chi connectivity index (χ4v) is 1.16. The molecule has 0 aliphatic heterocycles. The molecule has 0 radical (unpaired) electrons. The fraction of sp³-hybridized carbons (Fsp3) is 0.250. The average Bonchev–Trinajstić information content (AvgIpc) is 2.16. The van der Waals surface area contributed by atoms with Crippen molar-refractivity contribution in [1.29, 1.82) is 0 Å². The molecule has 0 bridgehead atoms. The van der Waals surface area contributed by atoms with E-state index in [9.17, 15) is 9.90 Å². The van der Waals surface area contributed by atoms with E-state index in [1.54, 1.807) is 18.2 Å². The number of allylic oxidation sites excluding steroid dienone is 2. The molecule has 14 heavy (non-hydrogen) atoms. The highest BCUT2D eigenvalue weighted by Crippen LogP contribution is 2.19. The van der Waals surface area contributed by atoms with E-state index in [0.29, 0.717) is 12.0 Å². The first-order chi connectivity index (χ1) is 6.63. The Balaban J connectivity index is 2.95. The van der Waals surface area contributed by atoms with Crippen LogP contribution in [0.25, 0.3) is 0 Å². The van der Waals surface area contributed by atoms with Gasteiger partial charge < -0.3 is 5.11 Å². The molecule has 1 aromatic carbocycles. The number of phenolic OH excluding ortho intramolecular Hbond substituents is 1. The predicted molar refractivity (Wildman–Crippen MR) is 56.6 cm³/mol. The van der Waals surface area contributed by atoms with Gasteiger partial charge in [0.1, 0.15) is 12.0 Å². The molecule has 0 spiro atoms. The van der Waals surface area contributed by atoms with Gasteiger partial charge in [-0.25, -0.2) is 0 Å². The number of aromatic hydroxyl groups is 1. The van der Waals surface area contributed by atoms with Crippen molar-refractivity contribution in [2.24, 2.45) is 0 Å². The molecule has 1 N–H and O–H groups in total. The van der Waals surface area contributed by atoms with E-state index in [1.165, 1.54) is 5.57 Å². The van der Waals surface area contributed by atoms with E-state index >= 15 is 0 Å². The van der Waals surface area contributed by atoms with Gasteiger partial charge in [0.05, 0.1) is 0 Å². The second-order valence-electron chi connectivity index (χ2n) is 3.49. The van der Waals surface area contributed by atoms with Crippen LogP contribution in [0.4, 0.5) is 0 Å². The number of benzene rings is 1. The number of phenols is 1. The molecule has 1 aromatic rings. The fourth-order valence-electron chi connectivity index (χ4n) is 1.16. The van der Waals surface area contributed by atoms with Crippen LogP contribution in [0.15, 0.2) is 29.8 Å². The van der Waals surface area contributed by atoms with E-state index in [2.05, 4.69) is 0 Å². The Bertz CT molecular complexity index is 361. The van der Waals surface area contributed by atoms with Crippen molar-refractivity contribution in [1.82, 2.24) is 0 Å². The topological polar surface area (TPSA) is 37.3 Å². The Morgan fingerprint density at radius 2 is 2.14 bits per heavy atom. The molecule has 0 fully saturated rings. The second-order valence-corrected chi connectivity index (χ2v) is 3.49. The van der Waals surface area contributed by atoms with Gasteiger partial charge >= 0.3 is 0 Å². The molecule has 0 heterocycles. The largest absolute Gasteiger partial charge is 0.508 e. The molecule has 0 atom stereocenters. The number of rotatable bonds is 3. The number of aldehydes is 1. The lowest BCUT2D eigenvalue weighted by atomic mass is 10.1. The minimum absolute atomic E-state index is 0.244. The number of hydrogen-bond donors (Lipinski definition) is 1. The zero-order valence-electron chi connectivity index (χ0n) is 8.45. The van der Waals surface area contributed by atoms with Gasteiger partial charge in [-0.1, -0.05) is 11.6 Å². The lowest BCUT2D eigenvalue weighted by Gasteiger charge is -2.02. The molecular weight excluding hydrogens is 176 g/mol. The molecule has 1 rings (SSSR count). The first-order valence-corrected chi connectivity index (χ1v) is 4.54. The number of hydrogen-bond acceptors (Lipinski definition) is 2. The van der Waals surface area contributed by atoms with Gasteiger partial charge in [-0.3, -0.25) is 4.79 Å². The maximum absolute atomic E-state index is 10.5. The van der Waals surface area contributed by atoms with E-state index < -0.39 is 0 Å². The minimum atomic E-state index is 0.244. The van der Waals surface area contributed by atoms with Crippen LogP contribution in [0.3, 0.4) is 0 Å². The van der Waals surface area contributed by atoms with Gasteiger partial charge in [-0.05, 0) is 44.0 Å². The Morgan fingerprint density at radius 1 is 1.43 bits per heavy atom. The van der Waals surface area contributed by atoms with Crippen LogP contribution in [0.5, 0.6) is 5.75 Å². The summed E-state index contributed by atoms with van der Waals surface area (Å²) in [5, 5.41) is 9.50. The van der Waals surface area contributed by atoms with Crippen molar-refractivity contribution >= 4 is 6.29 Å². The standard InChI is InChI=1S/C12H14O2/c1-9(2)3-5-11-7-10(8-13)4-6-12(11)14/h3-4,6-8,14H,5H2,1-2H3. The summed E-state index contributed by atoms with van der Waals surface area (Å²) in [6.07, 6.45) is 3.46. The first-order valence-electron chi connectivity index (χ1n) is 4.54. The summed E-state index contributed by atoms with van der Waals surface area (Å²) in [6, 6.07) is 4.87. The Labute approximate surface area is 83.9 Å². The van der Waals surface area contributed by atoms with E-state index in [0.717, 1.165) is 11.8 Å². The molecule has 2 heteroatoms. The summed E-state index contributed by atoms with van der Waals surface area (Å²) in [5.41, 5.74) is 2.58. The monoisotopic (exact) mass is 190 g/mol. The van der Waals surface area contributed by atoms with Crippen LogP contribution in [-0.2, 0) is 6.42 Å². The molecule has 0 saturated carbocycles. The maximum Gasteiger partial charge on any atom is 0.150 e. The van der Waals surface area contributed by atoms with E-state index in [-0.39, 0.29) is 5.75 Å². The predicted octanol–water partition coefficient (Wildman–Crippen LogP) is 2.71. The van der Waals surface area contributed by atoms with Gasteiger partial charge in [0.25, 0.3) is 0 Å². The quantitative estimate of drug-likeness (QED) is 0.587. The van der Waals surface area contributed by atoms with Crippen molar-refractivity contribution in [2.45, 2.75) is 20.3 Å². The van der Waals surface area contributed by atoms with Gasteiger partial charge in [0.2, 0.25) is 0 Å². The van der Waals surface area contributed by atoms with Crippen LogP contribution in [0.2, 0.25) is 0 Å². The van der Waals surface area contributed by atoms with Crippen molar-refractivity contribution in [3.63, 3.8) is 0 Å². The van der Waals surface area contributed by atoms with Crippen molar-refractivity contribution in [3.05, 3.63) is 41.0 Å². The summed E-state index contributed by atoms with van der Waals surface area (Å²) in [7, 11) is 0. The van der Waals surface area contributed by atoms with Crippen LogP contribution >= 0.6 is 0 Å². The van der Waals surface area contributed by atoms with Crippen molar-refractivity contribution < 1.29 is 9.90 Å². The van der Waals surface area contributed by atoms with Gasteiger partial charge in [0, 0.05) is 5.56 Å². The summed E-state index contributed by atoms with van der Waals surface area (Å²) in [6.45, 7) is 4.00. The van der Waals surface area contributed by atoms with Crippen LogP contribution in [-0.4, -0.2) is 11.4 Å². The highest BCUT2D eigenvalue weighted by Gasteiger charge is 2.00. The lowest BCUT2D eigenvalue weighted by Crippen LogP contribution is -1.87. The minimum Gasteiger partial charge on any atom is -0.508 e. The summed E-state index contributed by atoms with van der Waals surface area (Å²) in [5.74, 6) is 0.244. The summed E-state index contributed by atoms with van der Waals surface area (Å²) < 4.78 is 0. The third kappa shape index (κ3) is 2.73.